The molecule has 0 aliphatic carbocycles. The maximum Gasteiger partial charge on any atom is 0.133 e. The van der Waals surface area contributed by atoms with E-state index in [1.54, 1.807) is 18.4 Å². The Labute approximate surface area is 125 Å². The average molecular weight is 341 g/mol. The third-order valence-corrected chi connectivity index (χ3v) is 4.71. The highest BCUT2D eigenvalue weighted by Gasteiger charge is 2.15. The number of halogens is 1. The van der Waals surface area contributed by atoms with Gasteiger partial charge in [0.1, 0.15) is 5.75 Å². The van der Waals surface area contributed by atoms with Crippen LogP contribution in [-0.2, 0) is 6.42 Å². The van der Waals surface area contributed by atoms with Gasteiger partial charge in [0.05, 0.1) is 16.6 Å². The molecule has 0 aliphatic heterocycles. The van der Waals surface area contributed by atoms with Gasteiger partial charge in [0.25, 0.3) is 0 Å². The highest BCUT2D eigenvalue weighted by atomic mass is 79.9. The van der Waals surface area contributed by atoms with Gasteiger partial charge in [-0.15, -0.1) is 11.3 Å². The zero-order chi connectivity index (χ0) is 13.8. The van der Waals surface area contributed by atoms with Crippen molar-refractivity contribution in [2.24, 2.45) is 5.73 Å². The van der Waals surface area contributed by atoms with E-state index in [2.05, 4.69) is 38.4 Å². The summed E-state index contributed by atoms with van der Waals surface area (Å²) in [5.74, 6) is 1.12. The van der Waals surface area contributed by atoms with Crippen LogP contribution in [0.15, 0.2) is 28.1 Å². The van der Waals surface area contributed by atoms with E-state index in [-0.39, 0.29) is 5.92 Å². The molecule has 0 saturated carbocycles. The topological polar surface area (TPSA) is 48.1 Å². The van der Waals surface area contributed by atoms with Crippen LogP contribution in [-0.4, -0.2) is 18.6 Å². The van der Waals surface area contributed by atoms with Crippen LogP contribution in [0.2, 0.25) is 0 Å². The van der Waals surface area contributed by atoms with Gasteiger partial charge >= 0.3 is 0 Å². The Morgan fingerprint density at radius 2 is 2.26 bits per heavy atom. The van der Waals surface area contributed by atoms with Crippen LogP contribution < -0.4 is 10.5 Å². The predicted molar refractivity (Wildman–Crippen MR) is 83.0 cm³/mol. The van der Waals surface area contributed by atoms with Crippen LogP contribution >= 0.6 is 27.3 Å². The van der Waals surface area contributed by atoms with Crippen molar-refractivity contribution in [3.63, 3.8) is 0 Å². The number of ether oxygens (including phenoxy) is 1. The monoisotopic (exact) mass is 340 g/mol. The van der Waals surface area contributed by atoms with Crippen LogP contribution in [0.25, 0.3) is 0 Å². The summed E-state index contributed by atoms with van der Waals surface area (Å²) in [5, 5.41) is 3.19. The molecule has 2 aromatic rings. The third-order valence-electron chi connectivity index (χ3n) is 2.97. The Hall–Kier alpha value is -0.910. The van der Waals surface area contributed by atoms with E-state index in [1.165, 1.54) is 5.56 Å². The number of nitrogens with zero attached hydrogens (tertiary/aromatic N) is 1. The van der Waals surface area contributed by atoms with Crippen molar-refractivity contribution < 1.29 is 4.74 Å². The second-order valence-corrected chi connectivity index (χ2v) is 6.18. The molecule has 0 amide bonds. The zero-order valence-electron chi connectivity index (χ0n) is 11.0. The number of aryl methyl sites for hydroxylation is 1. The number of rotatable bonds is 5. The van der Waals surface area contributed by atoms with Gasteiger partial charge in [0.2, 0.25) is 0 Å². The van der Waals surface area contributed by atoms with Gasteiger partial charge in [-0.2, -0.15) is 0 Å². The molecule has 1 aromatic heterocycles. The minimum absolute atomic E-state index is 0.277. The van der Waals surface area contributed by atoms with Crippen LogP contribution in [0.5, 0.6) is 5.75 Å². The molecule has 5 heteroatoms. The summed E-state index contributed by atoms with van der Waals surface area (Å²) in [6, 6.07) is 6.13. The van der Waals surface area contributed by atoms with Crippen molar-refractivity contribution in [1.29, 1.82) is 0 Å². The molecule has 0 saturated heterocycles. The lowest BCUT2D eigenvalue weighted by molar-refractivity contribution is 0.412. The van der Waals surface area contributed by atoms with Crippen molar-refractivity contribution >= 4 is 27.3 Å². The molecular weight excluding hydrogens is 324 g/mol. The van der Waals surface area contributed by atoms with Crippen LogP contribution in [0, 0.1) is 6.92 Å². The summed E-state index contributed by atoms with van der Waals surface area (Å²) >= 11 is 5.20. The maximum absolute atomic E-state index is 5.89. The highest BCUT2D eigenvalue weighted by Crippen LogP contribution is 2.29. The van der Waals surface area contributed by atoms with Gasteiger partial charge in [-0.3, -0.25) is 0 Å². The lowest BCUT2D eigenvalue weighted by atomic mass is 10.00. The second kappa shape index (κ2) is 6.50. The fourth-order valence-corrected chi connectivity index (χ4v) is 3.45. The summed E-state index contributed by atoms with van der Waals surface area (Å²) in [6.45, 7) is 2.62. The van der Waals surface area contributed by atoms with E-state index >= 15 is 0 Å². The van der Waals surface area contributed by atoms with Gasteiger partial charge in [0.15, 0.2) is 0 Å². The molecule has 102 valence electrons. The van der Waals surface area contributed by atoms with E-state index in [9.17, 15) is 0 Å². The molecule has 3 nitrogen and oxygen atoms in total. The largest absolute Gasteiger partial charge is 0.496 e. The fourth-order valence-electron chi connectivity index (χ4n) is 1.95. The van der Waals surface area contributed by atoms with E-state index < -0.39 is 0 Å². The third kappa shape index (κ3) is 3.55. The maximum atomic E-state index is 5.89. The molecule has 0 radical (unpaired) electrons. The summed E-state index contributed by atoms with van der Waals surface area (Å²) in [4.78, 5) is 4.54. The molecule has 1 heterocycles. The van der Waals surface area contributed by atoms with E-state index in [0.29, 0.717) is 6.54 Å². The molecule has 0 aliphatic rings. The lowest BCUT2D eigenvalue weighted by Gasteiger charge is -2.13. The molecule has 1 atom stereocenters. The number of nitrogens with two attached hydrogens (primary N) is 1. The molecule has 0 fully saturated rings. The van der Waals surface area contributed by atoms with Gasteiger partial charge in [-0.05, 0) is 47.0 Å². The Kier molecular flexibility index (Phi) is 4.96. The Morgan fingerprint density at radius 1 is 1.47 bits per heavy atom. The van der Waals surface area contributed by atoms with Crippen LogP contribution in [0.3, 0.4) is 0 Å². The molecule has 1 aromatic carbocycles. The molecule has 1 unspecified atom stereocenters. The number of methoxy groups -OCH3 is 1. The van der Waals surface area contributed by atoms with Gasteiger partial charge in [-0.1, -0.05) is 6.07 Å². The molecule has 2 rings (SSSR count). The minimum atomic E-state index is 0.277. The van der Waals surface area contributed by atoms with E-state index in [4.69, 9.17) is 10.5 Å². The highest BCUT2D eigenvalue weighted by molar-refractivity contribution is 9.10. The minimum Gasteiger partial charge on any atom is -0.496 e. The summed E-state index contributed by atoms with van der Waals surface area (Å²) in [5.41, 5.74) is 8.18. The number of thiazole rings is 1. The van der Waals surface area contributed by atoms with Crippen molar-refractivity contribution in [3.8, 4) is 5.75 Å². The van der Waals surface area contributed by atoms with Crippen molar-refractivity contribution in [1.82, 2.24) is 4.98 Å². The number of benzene rings is 1. The molecule has 19 heavy (non-hydrogen) atoms. The van der Waals surface area contributed by atoms with Crippen molar-refractivity contribution in [2.45, 2.75) is 19.3 Å². The first-order valence-corrected chi connectivity index (χ1v) is 7.75. The quantitative estimate of drug-likeness (QED) is 0.905. The number of aromatic nitrogens is 1. The van der Waals surface area contributed by atoms with E-state index in [1.807, 2.05) is 13.0 Å². The van der Waals surface area contributed by atoms with Crippen molar-refractivity contribution in [2.75, 3.05) is 13.7 Å². The van der Waals surface area contributed by atoms with Gasteiger partial charge in [-0.25, -0.2) is 4.98 Å². The predicted octanol–water partition coefficient (Wildman–Crippen LogP) is 3.51. The number of hydrogen-bond acceptors (Lipinski definition) is 4. The van der Waals surface area contributed by atoms with Gasteiger partial charge < -0.3 is 10.5 Å². The first-order valence-electron chi connectivity index (χ1n) is 6.08. The Balaban J connectivity index is 2.16. The Bertz CT molecular complexity index is 556. The summed E-state index contributed by atoms with van der Waals surface area (Å²) in [7, 11) is 1.67. The zero-order valence-corrected chi connectivity index (χ0v) is 13.4. The van der Waals surface area contributed by atoms with Crippen LogP contribution in [0.4, 0.5) is 0 Å². The Morgan fingerprint density at radius 3 is 2.79 bits per heavy atom. The summed E-state index contributed by atoms with van der Waals surface area (Å²) in [6.07, 6.45) is 0.895. The normalized spacial score (nSPS) is 12.4. The SMILES string of the molecule is COc1ccc(CC(CN)c2nc(C)cs2)cc1Br. The smallest absolute Gasteiger partial charge is 0.133 e. The molecule has 0 bridgehead atoms. The lowest BCUT2D eigenvalue weighted by Crippen LogP contribution is -2.15. The van der Waals surface area contributed by atoms with Crippen molar-refractivity contribution in [3.05, 3.63) is 44.3 Å². The average Bonchev–Trinajstić information content (AvgIpc) is 2.82. The van der Waals surface area contributed by atoms with Crippen LogP contribution in [0.1, 0.15) is 22.2 Å². The van der Waals surface area contributed by atoms with Gasteiger partial charge in [0, 0.05) is 23.5 Å². The molecular formula is C14H17BrN2OS. The standard InChI is InChI=1S/C14H17BrN2OS/c1-9-8-19-14(17-9)11(7-16)5-10-3-4-13(18-2)12(15)6-10/h3-4,6,8,11H,5,7,16H2,1-2H3. The number of hydrogen-bond donors (Lipinski definition) is 1. The second-order valence-electron chi connectivity index (χ2n) is 4.43. The summed E-state index contributed by atoms with van der Waals surface area (Å²) < 4.78 is 6.21. The molecule has 0 spiro atoms. The first kappa shape index (κ1) is 14.5. The fraction of sp³-hybridized carbons (Fsp3) is 0.357. The van der Waals surface area contributed by atoms with E-state index in [0.717, 1.165) is 27.3 Å². The molecule has 2 N–H and O–H groups in total. The first-order chi connectivity index (χ1) is 9.13.